The predicted molar refractivity (Wildman–Crippen MR) is 63.2 cm³/mol. The highest BCUT2D eigenvalue weighted by atomic mass is 35.5. The number of nitrogens with zero attached hydrogens (tertiary/aromatic N) is 2. The minimum Gasteiger partial charge on any atom is -0.323 e. The molecule has 0 bridgehead atoms. The molecule has 16 heavy (non-hydrogen) atoms. The Bertz CT molecular complexity index is 423. The number of carbonyl (C=O) groups is 1. The normalized spacial score (nSPS) is 9.94. The number of hydrogen-bond acceptors (Lipinski definition) is 2. The first-order chi connectivity index (χ1) is 7.56. The van der Waals surface area contributed by atoms with Gasteiger partial charge in [-0.1, -0.05) is 17.7 Å². The lowest BCUT2D eigenvalue weighted by Crippen LogP contribution is -2.37. The Morgan fingerprint density at radius 2 is 2.25 bits per heavy atom. The fraction of sp³-hybridized carbons (Fsp3) is 0.333. The van der Waals surface area contributed by atoms with Crippen molar-refractivity contribution >= 4 is 17.5 Å². The maximum atomic E-state index is 12.0. The monoisotopic (exact) mass is 236 g/mol. The van der Waals surface area contributed by atoms with Gasteiger partial charge in [0.25, 0.3) is 5.91 Å². The third-order valence-electron chi connectivity index (χ3n) is 2.20. The lowest BCUT2D eigenvalue weighted by molar-refractivity contribution is 0.0731. The Morgan fingerprint density at radius 1 is 1.56 bits per heavy atom. The topological polar surface area (TPSA) is 44.1 Å². The van der Waals surface area contributed by atoms with E-state index < -0.39 is 0 Å². The van der Waals surface area contributed by atoms with Crippen LogP contribution in [-0.2, 0) is 0 Å². The van der Waals surface area contributed by atoms with Gasteiger partial charge in [-0.15, -0.1) is 0 Å². The highest BCUT2D eigenvalue weighted by Crippen LogP contribution is 2.13. The average molecular weight is 237 g/mol. The molecule has 4 heteroatoms. The largest absolute Gasteiger partial charge is 0.323 e. The quantitative estimate of drug-likeness (QED) is 0.758. The van der Waals surface area contributed by atoms with Gasteiger partial charge in [0.15, 0.2) is 0 Å². The molecule has 1 amide bonds. The molecule has 0 unspecified atom stereocenters. The zero-order valence-corrected chi connectivity index (χ0v) is 10.0. The van der Waals surface area contributed by atoms with Crippen molar-refractivity contribution in [3.8, 4) is 6.07 Å². The summed E-state index contributed by atoms with van der Waals surface area (Å²) in [5.74, 6) is -0.168. The number of amides is 1. The summed E-state index contributed by atoms with van der Waals surface area (Å²) in [6, 6.07) is 8.71. The standard InChI is InChI=1S/C12H13ClN2O/c1-9(2)15(7-6-14)12(16)10-4-3-5-11(13)8-10/h3-5,8-9H,7H2,1-2H3. The van der Waals surface area contributed by atoms with Gasteiger partial charge in [0, 0.05) is 16.6 Å². The molecule has 0 spiro atoms. The number of nitriles is 1. The molecule has 0 saturated heterocycles. The first-order valence-corrected chi connectivity index (χ1v) is 5.37. The molecule has 0 N–H and O–H groups in total. The van der Waals surface area contributed by atoms with E-state index in [2.05, 4.69) is 0 Å². The maximum Gasteiger partial charge on any atom is 0.254 e. The van der Waals surface area contributed by atoms with Gasteiger partial charge in [0.05, 0.1) is 6.07 Å². The van der Waals surface area contributed by atoms with Crippen LogP contribution >= 0.6 is 11.6 Å². The molecule has 0 atom stereocenters. The molecule has 0 aliphatic rings. The Morgan fingerprint density at radius 3 is 2.75 bits per heavy atom. The third kappa shape index (κ3) is 2.98. The van der Waals surface area contributed by atoms with Crippen molar-refractivity contribution in [3.63, 3.8) is 0 Å². The van der Waals surface area contributed by atoms with E-state index in [1.165, 1.54) is 4.90 Å². The van der Waals surface area contributed by atoms with Gasteiger partial charge in [-0.25, -0.2) is 0 Å². The highest BCUT2D eigenvalue weighted by Gasteiger charge is 2.18. The van der Waals surface area contributed by atoms with Crippen LogP contribution in [0.1, 0.15) is 24.2 Å². The molecule has 84 valence electrons. The SMILES string of the molecule is CC(C)N(CC#N)C(=O)c1cccc(Cl)c1. The fourth-order valence-corrected chi connectivity index (χ4v) is 1.54. The van der Waals surface area contributed by atoms with E-state index in [0.717, 1.165) is 0 Å². The highest BCUT2D eigenvalue weighted by molar-refractivity contribution is 6.30. The Balaban J connectivity index is 2.95. The van der Waals surface area contributed by atoms with Gasteiger partial charge in [0.2, 0.25) is 0 Å². The van der Waals surface area contributed by atoms with Gasteiger partial charge < -0.3 is 4.90 Å². The van der Waals surface area contributed by atoms with Crippen molar-refractivity contribution in [1.82, 2.24) is 4.90 Å². The zero-order chi connectivity index (χ0) is 12.1. The molecular weight excluding hydrogens is 224 g/mol. The van der Waals surface area contributed by atoms with Crippen LogP contribution in [0.4, 0.5) is 0 Å². The molecule has 0 aromatic heterocycles. The van der Waals surface area contributed by atoms with Crippen LogP contribution in [0, 0.1) is 11.3 Å². The van der Waals surface area contributed by atoms with Crippen LogP contribution < -0.4 is 0 Å². The molecule has 3 nitrogen and oxygen atoms in total. The molecule has 1 aromatic carbocycles. The van der Waals surface area contributed by atoms with Crippen LogP contribution in [0.3, 0.4) is 0 Å². The van der Waals surface area contributed by atoms with Crippen molar-refractivity contribution in [2.75, 3.05) is 6.54 Å². The van der Waals surface area contributed by atoms with Gasteiger partial charge in [0.1, 0.15) is 6.54 Å². The fourth-order valence-electron chi connectivity index (χ4n) is 1.35. The summed E-state index contributed by atoms with van der Waals surface area (Å²) in [5.41, 5.74) is 0.511. The summed E-state index contributed by atoms with van der Waals surface area (Å²) in [4.78, 5) is 13.6. The minimum absolute atomic E-state index is 0.00821. The Hall–Kier alpha value is -1.53. The summed E-state index contributed by atoms with van der Waals surface area (Å²) >= 11 is 5.81. The van der Waals surface area contributed by atoms with E-state index in [9.17, 15) is 4.79 Å². The summed E-state index contributed by atoms with van der Waals surface area (Å²) in [5, 5.41) is 9.19. The van der Waals surface area contributed by atoms with Crippen molar-refractivity contribution in [2.24, 2.45) is 0 Å². The summed E-state index contributed by atoms with van der Waals surface area (Å²) in [7, 11) is 0. The molecule has 0 saturated carbocycles. The second-order valence-corrected chi connectivity index (χ2v) is 4.13. The van der Waals surface area contributed by atoms with Crippen LogP contribution in [0.15, 0.2) is 24.3 Å². The van der Waals surface area contributed by atoms with Gasteiger partial charge in [-0.2, -0.15) is 5.26 Å². The molecular formula is C12H13ClN2O. The number of carbonyl (C=O) groups excluding carboxylic acids is 1. The molecule has 0 fully saturated rings. The summed E-state index contributed by atoms with van der Waals surface area (Å²) in [6.45, 7) is 3.84. The zero-order valence-electron chi connectivity index (χ0n) is 9.27. The first-order valence-electron chi connectivity index (χ1n) is 4.99. The van der Waals surface area contributed by atoms with E-state index in [0.29, 0.717) is 10.6 Å². The summed E-state index contributed by atoms with van der Waals surface area (Å²) < 4.78 is 0. The maximum absolute atomic E-state index is 12.0. The van der Waals surface area contributed by atoms with Gasteiger partial charge in [-0.3, -0.25) is 4.79 Å². The van der Waals surface area contributed by atoms with E-state index in [1.54, 1.807) is 24.3 Å². The van der Waals surface area contributed by atoms with E-state index in [4.69, 9.17) is 16.9 Å². The van der Waals surface area contributed by atoms with Crippen LogP contribution in [0.2, 0.25) is 5.02 Å². The Labute approximate surface area is 100 Å². The second-order valence-electron chi connectivity index (χ2n) is 3.70. The van der Waals surface area contributed by atoms with E-state index in [1.807, 2.05) is 19.9 Å². The van der Waals surface area contributed by atoms with Crippen LogP contribution in [0.5, 0.6) is 0 Å². The molecule has 0 aliphatic heterocycles. The smallest absolute Gasteiger partial charge is 0.254 e. The van der Waals surface area contributed by atoms with Crippen molar-refractivity contribution < 1.29 is 4.79 Å². The summed E-state index contributed by atoms with van der Waals surface area (Å²) in [6.07, 6.45) is 0. The van der Waals surface area contributed by atoms with Gasteiger partial charge in [-0.05, 0) is 32.0 Å². The van der Waals surface area contributed by atoms with Crippen LogP contribution in [0.25, 0.3) is 0 Å². The average Bonchev–Trinajstić information content (AvgIpc) is 2.24. The lowest BCUT2D eigenvalue weighted by atomic mass is 10.1. The Kier molecular flexibility index (Phi) is 4.33. The predicted octanol–water partition coefficient (Wildman–Crippen LogP) is 2.71. The van der Waals surface area contributed by atoms with Crippen LogP contribution in [-0.4, -0.2) is 23.4 Å². The van der Waals surface area contributed by atoms with E-state index >= 15 is 0 Å². The van der Waals surface area contributed by atoms with Crippen molar-refractivity contribution in [1.29, 1.82) is 5.26 Å². The van der Waals surface area contributed by atoms with E-state index in [-0.39, 0.29) is 18.5 Å². The molecule has 1 aromatic rings. The first kappa shape index (κ1) is 12.5. The molecule has 1 rings (SSSR count). The number of benzene rings is 1. The number of rotatable bonds is 3. The number of halogens is 1. The minimum atomic E-state index is -0.168. The molecule has 0 radical (unpaired) electrons. The molecule has 0 heterocycles. The number of hydrogen-bond donors (Lipinski definition) is 0. The lowest BCUT2D eigenvalue weighted by Gasteiger charge is -2.23. The van der Waals surface area contributed by atoms with Crippen molar-refractivity contribution in [2.45, 2.75) is 19.9 Å². The second kappa shape index (κ2) is 5.53. The van der Waals surface area contributed by atoms with Gasteiger partial charge >= 0.3 is 0 Å². The van der Waals surface area contributed by atoms with Crippen molar-refractivity contribution in [3.05, 3.63) is 34.9 Å². The molecule has 0 aliphatic carbocycles. The third-order valence-corrected chi connectivity index (χ3v) is 2.43.